The minimum absolute atomic E-state index is 1.10. The van der Waals surface area contributed by atoms with Gasteiger partial charge in [-0.1, -0.05) is 164 Å². The molecule has 2 nitrogen and oxygen atoms in total. The Morgan fingerprint density at radius 1 is 0.346 bits per heavy atom. The highest BCUT2D eigenvalue weighted by Crippen LogP contribution is 2.47. The molecule has 1 heterocycles. The van der Waals surface area contributed by atoms with Crippen molar-refractivity contribution in [1.29, 1.82) is 0 Å². The van der Waals surface area contributed by atoms with E-state index in [2.05, 4.69) is 216 Å². The molecule has 0 atom stereocenters. The quantitative estimate of drug-likeness (QED) is 0.172. The van der Waals surface area contributed by atoms with Gasteiger partial charge in [-0.2, -0.15) is 0 Å². The Hall–Kier alpha value is -6.90. The molecule has 0 amide bonds. The zero-order valence-electron chi connectivity index (χ0n) is 28.5. The highest BCUT2D eigenvalue weighted by molar-refractivity contribution is 6.22. The Bertz CT molecular complexity index is 2890. The summed E-state index contributed by atoms with van der Waals surface area (Å²) in [4.78, 5) is 2.46. The zero-order chi connectivity index (χ0) is 34.4. The molecule has 9 aromatic carbocycles. The molecule has 244 valence electrons. The van der Waals surface area contributed by atoms with Crippen LogP contribution in [0.2, 0.25) is 0 Å². The molecule has 0 unspecified atom stereocenters. The molecule has 2 heteroatoms. The molecule has 0 saturated heterocycles. The summed E-state index contributed by atoms with van der Waals surface area (Å²) < 4.78 is 2.46. The summed E-state index contributed by atoms with van der Waals surface area (Å²) in [5.41, 5.74) is 11.7. The number of para-hydroxylation sites is 2. The van der Waals surface area contributed by atoms with Crippen LogP contribution in [0.5, 0.6) is 0 Å². The molecule has 1 aromatic heterocycles. The van der Waals surface area contributed by atoms with Crippen LogP contribution < -0.4 is 4.90 Å². The monoisotopic (exact) mass is 662 g/mol. The first-order valence-corrected chi connectivity index (χ1v) is 17.9. The molecule has 10 aromatic rings. The summed E-state index contributed by atoms with van der Waals surface area (Å²) in [6.07, 6.45) is 0. The van der Waals surface area contributed by atoms with Gasteiger partial charge >= 0.3 is 0 Å². The average molecular weight is 663 g/mol. The summed E-state index contributed by atoms with van der Waals surface area (Å²) in [6, 6.07) is 74.7. The standard InChI is InChI=1S/C50H34N2/c1-3-15-35(16-4-1)37-27-30-40(31-28-37)51(47-25-13-11-21-42(47)38-18-5-2-6-19-38)49-34-46-44-23-12-14-26-48(44)52(50(46)45-24-10-9-22-43(45)49)41-32-29-36-17-7-8-20-39(36)33-41/h1-34H. The van der Waals surface area contributed by atoms with E-state index in [1.807, 2.05) is 0 Å². The van der Waals surface area contributed by atoms with E-state index in [0.717, 1.165) is 22.7 Å². The maximum absolute atomic E-state index is 2.46. The van der Waals surface area contributed by atoms with Gasteiger partial charge < -0.3 is 9.47 Å². The lowest BCUT2D eigenvalue weighted by Gasteiger charge is -2.29. The van der Waals surface area contributed by atoms with E-state index < -0.39 is 0 Å². The number of hydrogen-bond acceptors (Lipinski definition) is 1. The van der Waals surface area contributed by atoms with Gasteiger partial charge in [0.05, 0.1) is 22.4 Å². The maximum Gasteiger partial charge on any atom is 0.0621 e. The van der Waals surface area contributed by atoms with E-state index in [-0.39, 0.29) is 0 Å². The predicted octanol–water partition coefficient (Wildman–Crippen LogP) is 13.9. The van der Waals surface area contributed by atoms with Crippen molar-refractivity contribution in [2.75, 3.05) is 4.90 Å². The van der Waals surface area contributed by atoms with Crippen molar-refractivity contribution in [3.63, 3.8) is 0 Å². The van der Waals surface area contributed by atoms with Gasteiger partial charge in [-0.15, -0.1) is 0 Å². The second kappa shape index (κ2) is 12.5. The predicted molar refractivity (Wildman–Crippen MR) is 221 cm³/mol. The number of hydrogen-bond donors (Lipinski definition) is 0. The van der Waals surface area contributed by atoms with Gasteiger partial charge in [0, 0.05) is 38.5 Å². The highest BCUT2D eigenvalue weighted by Gasteiger charge is 2.23. The van der Waals surface area contributed by atoms with Crippen LogP contribution in [0.4, 0.5) is 17.1 Å². The largest absolute Gasteiger partial charge is 0.309 e. The first kappa shape index (κ1) is 30.0. The first-order chi connectivity index (χ1) is 25.8. The Labute approximate surface area is 303 Å². The van der Waals surface area contributed by atoms with Crippen LogP contribution >= 0.6 is 0 Å². The third-order valence-corrected chi connectivity index (χ3v) is 10.3. The Morgan fingerprint density at radius 2 is 0.942 bits per heavy atom. The summed E-state index contributed by atoms with van der Waals surface area (Å²) in [7, 11) is 0. The van der Waals surface area contributed by atoms with Crippen molar-refractivity contribution in [2.24, 2.45) is 0 Å². The van der Waals surface area contributed by atoms with E-state index in [0.29, 0.717) is 0 Å². The minimum Gasteiger partial charge on any atom is -0.309 e. The minimum atomic E-state index is 1.10. The molecule has 0 saturated carbocycles. The van der Waals surface area contributed by atoms with Gasteiger partial charge in [-0.3, -0.25) is 0 Å². The van der Waals surface area contributed by atoms with Gasteiger partial charge in [0.1, 0.15) is 0 Å². The topological polar surface area (TPSA) is 8.17 Å². The third kappa shape index (κ3) is 4.96. The molecular formula is C50H34N2. The van der Waals surface area contributed by atoms with Crippen LogP contribution in [0.25, 0.3) is 71.3 Å². The molecule has 0 spiro atoms. The van der Waals surface area contributed by atoms with Crippen molar-refractivity contribution in [2.45, 2.75) is 0 Å². The highest BCUT2D eigenvalue weighted by atomic mass is 15.1. The van der Waals surface area contributed by atoms with E-state index in [1.165, 1.54) is 65.6 Å². The van der Waals surface area contributed by atoms with E-state index in [1.54, 1.807) is 0 Å². The van der Waals surface area contributed by atoms with Crippen LogP contribution in [0.1, 0.15) is 0 Å². The van der Waals surface area contributed by atoms with Gasteiger partial charge in [-0.25, -0.2) is 0 Å². The summed E-state index contributed by atoms with van der Waals surface area (Å²) in [5.74, 6) is 0. The lowest BCUT2D eigenvalue weighted by molar-refractivity contribution is 1.19. The first-order valence-electron chi connectivity index (χ1n) is 17.9. The van der Waals surface area contributed by atoms with E-state index >= 15 is 0 Å². The molecule has 0 aliphatic rings. The van der Waals surface area contributed by atoms with Crippen molar-refractivity contribution < 1.29 is 0 Å². The Balaban J connectivity index is 1.28. The number of nitrogens with zero attached hydrogens (tertiary/aromatic N) is 2. The van der Waals surface area contributed by atoms with Crippen LogP contribution in [0.3, 0.4) is 0 Å². The Morgan fingerprint density at radius 3 is 1.73 bits per heavy atom. The lowest BCUT2D eigenvalue weighted by atomic mass is 9.98. The van der Waals surface area contributed by atoms with Crippen molar-refractivity contribution >= 4 is 60.4 Å². The number of aromatic nitrogens is 1. The van der Waals surface area contributed by atoms with Crippen LogP contribution in [0.15, 0.2) is 206 Å². The van der Waals surface area contributed by atoms with Crippen molar-refractivity contribution in [1.82, 2.24) is 4.57 Å². The summed E-state index contributed by atoms with van der Waals surface area (Å²) >= 11 is 0. The normalized spacial score (nSPS) is 11.5. The van der Waals surface area contributed by atoms with E-state index in [9.17, 15) is 0 Å². The van der Waals surface area contributed by atoms with Gasteiger partial charge in [0.2, 0.25) is 0 Å². The molecule has 0 fully saturated rings. The van der Waals surface area contributed by atoms with Crippen molar-refractivity contribution in [3.05, 3.63) is 206 Å². The van der Waals surface area contributed by atoms with E-state index in [4.69, 9.17) is 0 Å². The second-order valence-corrected chi connectivity index (χ2v) is 13.4. The molecule has 0 aliphatic heterocycles. The molecule has 0 radical (unpaired) electrons. The summed E-state index contributed by atoms with van der Waals surface area (Å²) in [6.45, 7) is 0. The smallest absolute Gasteiger partial charge is 0.0621 e. The van der Waals surface area contributed by atoms with Crippen LogP contribution in [-0.2, 0) is 0 Å². The average Bonchev–Trinajstić information content (AvgIpc) is 3.56. The number of rotatable bonds is 6. The maximum atomic E-state index is 2.46. The van der Waals surface area contributed by atoms with Gasteiger partial charge in [0.15, 0.2) is 0 Å². The zero-order valence-corrected chi connectivity index (χ0v) is 28.5. The fourth-order valence-corrected chi connectivity index (χ4v) is 7.94. The number of fused-ring (bicyclic) bond motifs is 6. The SMILES string of the molecule is c1ccc(-c2ccc(N(c3ccccc3-c3ccccc3)c3cc4c5ccccc5n(-c5ccc6ccccc6c5)c4c4ccccc34)cc2)cc1. The molecule has 52 heavy (non-hydrogen) atoms. The van der Waals surface area contributed by atoms with Gasteiger partial charge in [-0.05, 0) is 69.9 Å². The van der Waals surface area contributed by atoms with Crippen LogP contribution in [-0.4, -0.2) is 4.57 Å². The molecule has 0 N–H and O–H groups in total. The second-order valence-electron chi connectivity index (χ2n) is 13.4. The number of anilines is 3. The van der Waals surface area contributed by atoms with Crippen molar-refractivity contribution in [3.8, 4) is 27.9 Å². The number of benzene rings is 9. The Kier molecular flexibility index (Phi) is 7.18. The molecule has 0 aliphatic carbocycles. The molecular weight excluding hydrogens is 629 g/mol. The summed E-state index contributed by atoms with van der Waals surface area (Å²) in [5, 5.41) is 7.32. The lowest BCUT2D eigenvalue weighted by Crippen LogP contribution is -2.12. The van der Waals surface area contributed by atoms with Gasteiger partial charge in [0.25, 0.3) is 0 Å². The van der Waals surface area contributed by atoms with Crippen LogP contribution in [0, 0.1) is 0 Å². The fraction of sp³-hybridized carbons (Fsp3) is 0. The molecule has 10 rings (SSSR count). The third-order valence-electron chi connectivity index (χ3n) is 10.3. The fourth-order valence-electron chi connectivity index (χ4n) is 7.94. The molecule has 0 bridgehead atoms.